The lowest BCUT2D eigenvalue weighted by molar-refractivity contribution is 1.18. The summed E-state index contributed by atoms with van der Waals surface area (Å²) in [5.41, 5.74) is 13.0. The summed E-state index contributed by atoms with van der Waals surface area (Å²) in [5.74, 6) is 0.687. The fourth-order valence-corrected chi connectivity index (χ4v) is 9.35. The van der Waals surface area contributed by atoms with Crippen molar-refractivity contribution in [1.29, 1.82) is 0 Å². The maximum absolute atomic E-state index is 5.46. The topological polar surface area (TPSA) is 30.7 Å². The first-order valence-corrected chi connectivity index (χ1v) is 20.8. The van der Waals surface area contributed by atoms with Crippen LogP contribution in [0.3, 0.4) is 0 Å². The maximum Gasteiger partial charge on any atom is 0.160 e. The molecule has 0 aliphatic carbocycles. The van der Waals surface area contributed by atoms with E-state index in [4.69, 9.17) is 9.97 Å². The van der Waals surface area contributed by atoms with Gasteiger partial charge < -0.3 is 4.57 Å². The smallest absolute Gasteiger partial charge is 0.160 e. The second kappa shape index (κ2) is 14.3. The number of fused-ring (bicyclic) bond motifs is 7. The zero-order valence-corrected chi connectivity index (χ0v) is 33.2. The predicted octanol–water partition coefficient (Wildman–Crippen LogP) is 15.4. The molecule has 3 nitrogen and oxygen atoms in total. The third kappa shape index (κ3) is 5.90. The highest BCUT2D eigenvalue weighted by Crippen LogP contribution is 2.42. The van der Waals surface area contributed by atoms with Gasteiger partial charge in [-0.15, -0.1) is 0 Å². The van der Waals surface area contributed by atoms with Crippen LogP contribution in [0.4, 0.5) is 0 Å². The molecule has 3 heteroatoms. The Morgan fingerprint density at radius 3 is 1.75 bits per heavy atom. The summed E-state index contributed by atoms with van der Waals surface area (Å²) in [6, 6.07) is 80.4. The van der Waals surface area contributed by atoms with Crippen molar-refractivity contribution >= 4 is 54.1 Å². The average molecular weight is 776 g/mol. The van der Waals surface area contributed by atoms with Gasteiger partial charge in [-0.1, -0.05) is 182 Å². The molecule has 0 spiro atoms. The van der Waals surface area contributed by atoms with E-state index >= 15 is 0 Å². The minimum Gasteiger partial charge on any atom is -0.309 e. The molecule has 0 atom stereocenters. The summed E-state index contributed by atoms with van der Waals surface area (Å²) in [4.78, 5) is 10.8. The first-order valence-electron chi connectivity index (χ1n) is 20.8. The van der Waals surface area contributed by atoms with Gasteiger partial charge in [-0.25, -0.2) is 9.97 Å². The Labute approximate surface area is 353 Å². The molecular weight excluding hydrogens is 739 g/mol. The molecule has 0 radical (unpaired) electrons. The van der Waals surface area contributed by atoms with E-state index in [0.717, 1.165) is 50.3 Å². The highest BCUT2D eigenvalue weighted by molar-refractivity contribution is 6.20. The van der Waals surface area contributed by atoms with Crippen molar-refractivity contribution in [3.05, 3.63) is 224 Å². The first kappa shape index (κ1) is 34.9. The molecule has 12 rings (SSSR count). The molecule has 0 saturated heterocycles. The SMILES string of the molecule is c1ccc(-c2ccc(-c3nc(-c4cccc(-c5cccc6c5c5ccccc5n6-c5ccccc5)c4)cc(-c4c5ccccc5cc5c4ccc4ccccc45)n3)cc2)cc1. The Bertz CT molecular complexity index is 3620. The van der Waals surface area contributed by atoms with Crippen LogP contribution in [0.25, 0.3) is 116 Å². The molecule has 2 aromatic heterocycles. The van der Waals surface area contributed by atoms with Crippen molar-refractivity contribution in [3.8, 4) is 61.8 Å². The molecule has 0 unspecified atom stereocenters. The maximum atomic E-state index is 5.46. The van der Waals surface area contributed by atoms with E-state index in [9.17, 15) is 0 Å². The van der Waals surface area contributed by atoms with Gasteiger partial charge in [-0.3, -0.25) is 0 Å². The fourth-order valence-electron chi connectivity index (χ4n) is 9.35. The molecule has 2 heterocycles. The Hall–Kier alpha value is -8.14. The fraction of sp³-hybridized carbons (Fsp3) is 0. The first-order chi connectivity index (χ1) is 30.2. The normalized spacial score (nSPS) is 11.6. The van der Waals surface area contributed by atoms with Gasteiger partial charge in [-0.05, 0) is 97.0 Å². The van der Waals surface area contributed by atoms with Crippen molar-refractivity contribution in [2.45, 2.75) is 0 Å². The number of hydrogen-bond donors (Lipinski definition) is 0. The van der Waals surface area contributed by atoms with Crippen LogP contribution in [-0.2, 0) is 0 Å². The highest BCUT2D eigenvalue weighted by atomic mass is 15.0. The number of nitrogens with zero attached hydrogens (tertiary/aromatic N) is 3. The van der Waals surface area contributed by atoms with Gasteiger partial charge in [0.15, 0.2) is 5.82 Å². The summed E-state index contributed by atoms with van der Waals surface area (Å²) in [5, 5.41) is 9.63. The summed E-state index contributed by atoms with van der Waals surface area (Å²) < 4.78 is 2.38. The largest absolute Gasteiger partial charge is 0.309 e. The molecule has 0 N–H and O–H groups in total. The van der Waals surface area contributed by atoms with Crippen molar-refractivity contribution in [3.63, 3.8) is 0 Å². The molecule has 284 valence electrons. The second-order valence-corrected chi connectivity index (χ2v) is 15.7. The Balaban J connectivity index is 1.08. The predicted molar refractivity (Wildman–Crippen MR) is 256 cm³/mol. The van der Waals surface area contributed by atoms with E-state index in [1.807, 2.05) is 0 Å². The van der Waals surface area contributed by atoms with Gasteiger partial charge in [0.1, 0.15) is 0 Å². The molecular formula is C58H37N3. The van der Waals surface area contributed by atoms with E-state index in [2.05, 4.69) is 229 Å². The quantitative estimate of drug-likeness (QED) is 0.124. The summed E-state index contributed by atoms with van der Waals surface area (Å²) in [7, 11) is 0. The molecule has 0 aliphatic rings. The number of benzene rings is 10. The van der Waals surface area contributed by atoms with Crippen LogP contribution in [0.2, 0.25) is 0 Å². The number of aromatic nitrogens is 3. The van der Waals surface area contributed by atoms with E-state index in [1.165, 1.54) is 59.9 Å². The van der Waals surface area contributed by atoms with Crippen molar-refractivity contribution in [1.82, 2.24) is 14.5 Å². The molecule has 61 heavy (non-hydrogen) atoms. The lowest BCUT2D eigenvalue weighted by atomic mass is 9.91. The lowest BCUT2D eigenvalue weighted by Gasteiger charge is -2.16. The van der Waals surface area contributed by atoms with Crippen LogP contribution in [-0.4, -0.2) is 14.5 Å². The summed E-state index contributed by atoms with van der Waals surface area (Å²) in [6.07, 6.45) is 0. The highest BCUT2D eigenvalue weighted by Gasteiger charge is 2.19. The third-order valence-corrected chi connectivity index (χ3v) is 12.2. The standard InChI is InChI=1S/C58H37N3/c1-3-15-38(16-4-1)39-29-31-41(32-30-39)58-59-52(37-53(60-58)56-47-24-10-8-18-43(47)36-51-46-23-9-7-17-40(46)33-34-49(51)56)44-20-13-19-42(35-44)48-26-14-28-55-57(48)50-25-11-12-27-54(50)61(55)45-21-5-2-6-22-45/h1-37H. The van der Waals surface area contributed by atoms with E-state index in [-0.39, 0.29) is 0 Å². The van der Waals surface area contributed by atoms with Gasteiger partial charge in [-0.2, -0.15) is 0 Å². The molecule has 0 amide bonds. The van der Waals surface area contributed by atoms with E-state index in [1.54, 1.807) is 0 Å². The van der Waals surface area contributed by atoms with Gasteiger partial charge in [0.05, 0.1) is 22.4 Å². The molecule has 12 aromatic rings. The Kier molecular flexibility index (Phi) is 8.17. The van der Waals surface area contributed by atoms with E-state index in [0.29, 0.717) is 5.82 Å². The molecule has 0 fully saturated rings. The van der Waals surface area contributed by atoms with Crippen molar-refractivity contribution in [2.24, 2.45) is 0 Å². The summed E-state index contributed by atoms with van der Waals surface area (Å²) in [6.45, 7) is 0. The monoisotopic (exact) mass is 775 g/mol. The van der Waals surface area contributed by atoms with Crippen molar-refractivity contribution < 1.29 is 0 Å². The van der Waals surface area contributed by atoms with Crippen LogP contribution in [0, 0.1) is 0 Å². The van der Waals surface area contributed by atoms with Gasteiger partial charge in [0.2, 0.25) is 0 Å². The number of rotatable bonds is 6. The van der Waals surface area contributed by atoms with Crippen LogP contribution in [0.5, 0.6) is 0 Å². The minimum absolute atomic E-state index is 0.687. The molecule has 0 aliphatic heterocycles. The Morgan fingerprint density at radius 2 is 0.918 bits per heavy atom. The lowest BCUT2D eigenvalue weighted by Crippen LogP contribution is -1.97. The number of hydrogen-bond acceptors (Lipinski definition) is 2. The van der Waals surface area contributed by atoms with Crippen molar-refractivity contribution in [2.75, 3.05) is 0 Å². The zero-order chi connectivity index (χ0) is 40.3. The van der Waals surface area contributed by atoms with Gasteiger partial charge in [0.25, 0.3) is 0 Å². The molecule has 10 aromatic carbocycles. The van der Waals surface area contributed by atoms with Crippen LogP contribution in [0.15, 0.2) is 224 Å². The van der Waals surface area contributed by atoms with Crippen LogP contribution < -0.4 is 0 Å². The summed E-state index contributed by atoms with van der Waals surface area (Å²) >= 11 is 0. The van der Waals surface area contributed by atoms with Gasteiger partial charge in [0, 0.05) is 33.2 Å². The second-order valence-electron chi connectivity index (χ2n) is 15.7. The van der Waals surface area contributed by atoms with Crippen LogP contribution in [0.1, 0.15) is 0 Å². The number of para-hydroxylation sites is 2. The minimum atomic E-state index is 0.687. The molecule has 0 bridgehead atoms. The molecule has 0 saturated carbocycles. The van der Waals surface area contributed by atoms with E-state index < -0.39 is 0 Å². The average Bonchev–Trinajstić information content (AvgIpc) is 3.68. The Morgan fingerprint density at radius 1 is 0.311 bits per heavy atom. The van der Waals surface area contributed by atoms with Gasteiger partial charge >= 0.3 is 0 Å². The van der Waals surface area contributed by atoms with Crippen LogP contribution >= 0.6 is 0 Å². The third-order valence-electron chi connectivity index (χ3n) is 12.2. The zero-order valence-electron chi connectivity index (χ0n) is 33.2.